The number of imide groups is 1. The monoisotopic (exact) mass is 561 g/mol. The molecule has 42 heavy (non-hydrogen) atoms. The van der Waals surface area contributed by atoms with Gasteiger partial charge in [0.25, 0.3) is 17.7 Å². The molecule has 1 aliphatic rings. The quantitative estimate of drug-likeness (QED) is 0.248. The molecule has 0 fully saturated rings. The number of rotatable bonds is 9. The van der Waals surface area contributed by atoms with Gasteiger partial charge >= 0.3 is 0 Å². The largest absolute Gasteiger partial charge is 0.482 e. The van der Waals surface area contributed by atoms with Crippen molar-refractivity contribution < 1.29 is 28.2 Å². The molecular formula is C33H24FN3O5. The molecule has 2 N–H and O–H groups in total. The minimum atomic E-state index is -0.755. The van der Waals surface area contributed by atoms with Crippen LogP contribution in [-0.4, -0.2) is 34.2 Å². The standard InChI is InChI=1S/C33H24FN3O5/c34-23-15-13-20(14-16-23)18-37-32(39)26-27(33(37)40)31(28-24(12-7-17-36-28)30(26)41-19-25(35)38)42-29(21-8-3-1-4-9-21)22-10-5-2-6-11-22/h1-17,29H,18-19H2,(H2,35,38). The number of amides is 3. The van der Waals surface area contributed by atoms with Crippen molar-refractivity contribution in [2.45, 2.75) is 12.6 Å². The van der Waals surface area contributed by atoms with Crippen molar-refractivity contribution in [1.29, 1.82) is 0 Å². The molecule has 4 aromatic carbocycles. The molecule has 208 valence electrons. The first-order valence-electron chi connectivity index (χ1n) is 13.2. The van der Waals surface area contributed by atoms with Crippen molar-refractivity contribution in [2.24, 2.45) is 5.73 Å². The molecule has 0 radical (unpaired) electrons. The molecule has 1 aromatic heterocycles. The van der Waals surface area contributed by atoms with Gasteiger partial charge in [-0.1, -0.05) is 72.8 Å². The van der Waals surface area contributed by atoms with Crippen LogP contribution < -0.4 is 15.2 Å². The van der Waals surface area contributed by atoms with Gasteiger partial charge in [-0.2, -0.15) is 0 Å². The number of halogens is 1. The summed E-state index contributed by atoms with van der Waals surface area (Å²) in [4.78, 5) is 45.2. The van der Waals surface area contributed by atoms with Crippen molar-refractivity contribution in [3.63, 3.8) is 0 Å². The molecule has 0 saturated heterocycles. The minimum Gasteiger partial charge on any atom is -0.482 e. The fourth-order valence-corrected chi connectivity index (χ4v) is 5.05. The third-order valence-electron chi connectivity index (χ3n) is 6.94. The minimum absolute atomic E-state index is 0.00942. The number of primary amides is 1. The highest BCUT2D eigenvalue weighted by molar-refractivity contribution is 6.27. The van der Waals surface area contributed by atoms with Gasteiger partial charge in [-0.05, 0) is 41.0 Å². The van der Waals surface area contributed by atoms with Gasteiger partial charge in [-0.15, -0.1) is 0 Å². The van der Waals surface area contributed by atoms with Crippen LogP contribution in [0, 0.1) is 5.82 Å². The summed E-state index contributed by atoms with van der Waals surface area (Å²) in [5, 5.41) is 0.372. The normalized spacial score (nSPS) is 12.6. The van der Waals surface area contributed by atoms with Gasteiger partial charge in [0.2, 0.25) is 0 Å². The number of fused-ring (bicyclic) bond motifs is 2. The number of pyridine rings is 1. The number of hydrogen-bond acceptors (Lipinski definition) is 6. The third-order valence-corrected chi connectivity index (χ3v) is 6.94. The van der Waals surface area contributed by atoms with Crippen LogP contribution in [0.25, 0.3) is 10.9 Å². The molecule has 0 unspecified atom stereocenters. The molecule has 0 atom stereocenters. The lowest BCUT2D eigenvalue weighted by Gasteiger charge is -2.23. The lowest BCUT2D eigenvalue weighted by molar-refractivity contribution is -0.119. The molecule has 5 aromatic rings. The molecule has 0 aliphatic carbocycles. The number of aromatic nitrogens is 1. The van der Waals surface area contributed by atoms with E-state index in [0.717, 1.165) is 16.0 Å². The van der Waals surface area contributed by atoms with E-state index in [0.29, 0.717) is 10.9 Å². The molecule has 0 spiro atoms. The third kappa shape index (κ3) is 4.92. The number of ether oxygens (including phenoxy) is 2. The second-order valence-electron chi connectivity index (χ2n) is 9.70. The molecule has 0 saturated carbocycles. The van der Waals surface area contributed by atoms with E-state index in [1.165, 1.54) is 30.5 Å². The van der Waals surface area contributed by atoms with Crippen LogP contribution in [0.15, 0.2) is 103 Å². The Morgan fingerprint density at radius 3 is 2.00 bits per heavy atom. The van der Waals surface area contributed by atoms with Crippen LogP contribution in [0.4, 0.5) is 4.39 Å². The maximum absolute atomic E-state index is 14.1. The number of carbonyl (C=O) groups is 3. The van der Waals surface area contributed by atoms with Gasteiger partial charge in [0, 0.05) is 11.6 Å². The van der Waals surface area contributed by atoms with E-state index in [4.69, 9.17) is 15.2 Å². The van der Waals surface area contributed by atoms with E-state index >= 15 is 0 Å². The van der Waals surface area contributed by atoms with E-state index in [9.17, 15) is 18.8 Å². The summed E-state index contributed by atoms with van der Waals surface area (Å²) in [6.07, 6.45) is 0.880. The summed E-state index contributed by atoms with van der Waals surface area (Å²) in [5.74, 6) is -2.37. The van der Waals surface area contributed by atoms with Crippen molar-refractivity contribution in [3.8, 4) is 11.5 Å². The molecule has 0 bridgehead atoms. The number of hydrogen-bond donors (Lipinski definition) is 1. The first kappa shape index (κ1) is 26.6. The molecule has 1 aliphatic heterocycles. The van der Waals surface area contributed by atoms with Gasteiger partial charge < -0.3 is 15.2 Å². The van der Waals surface area contributed by atoms with Gasteiger partial charge in [0.15, 0.2) is 12.4 Å². The smallest absolute Gasteiger partial charge is 0.265 e. The second-order valence-corrected chi connectivity index (χ2v) is 9.70. The van der Waals surface area contributed by atoms with E-state index in [1.807, 2.05) is 60.7 Å². The number of nitrogens with two attached hydrogens (primary N) is 1. The Balaban J connectivity index is 1.55. The molecule has 9 heteroatoms. The van der Waals surface area contributed by atoms with Gasteiger partial charge in [0.1, 0.15) is 28.8 Å². The van der Waals surface area contributed by atoms with Crippen LogP contribution in [-0.2, 0) is 11.3 Å². The van der Waals surface area contributed by atoms with Crippen LogP contribution >= 0.6 is 0 Å². The first-order valence-corrected chi connectivity index (χ1v) is 13.2. The van der Waals surface area contributed by atoms with Crippen LogP contribution in [0.5, 0.6) is 11.5 Å². The Hall–Kier alpha value is -5.57. The first-order chi connectivity index (χ1) is 20.4. The lowest BCUT2D eigenvalue weighted by atomic mass is 9.99. The second kappa shape index (κ2) is 11.1. The van der Waals surface area contributed by atoms with E-state index < -0.39 is 36.2 Å². The zero-order valence-electron chi connectivity index (χ0n) is 22.2. The topological polar surface area (TPSA) is 112 Å². The molecule has 3 amide bonds. The summed E-state index contributed by atoms with van der Waals surface area (Å²) < 4.78 is 26.0. The zero-order chi connectivity index (χ0) is 29.2. The predicted molar refractivity (Wildman–Crippen MR) is 152 cm³/mol. The average molecular weight is 562 g/mol. The molecular weight excluding hydrogens is 537 g/mol. The number of nitrogens with zero attached hydrogens (tertiary/aromatic N) is 2. The van der Waals surface area contributed by atoms with Gasteiger partial charge in [0.05, 0.1) is 12.1 Å². The lowest BCUT2D eigenvalue weighted by Crippen LogP contribution is -2.29. The Labute approximate surface area is 240 Å². The highest BCUT2D eigenvalue weighted by atomic mass is 19.1. The average Bonchev–Trinajstić information content (AvgIpc) is 3.25. The Morgan fingerprint density at radius 2 is 1.40 bits per heavy atom. The Bertz CT molecular complexity index is 1770. The van der Waals surface area contributed by atoms with Crippen LogP contribution in [0.2, 0.25) is 0 Å². The summed E-state index contributed by atoms with van der Waals surface area (Å²) >= 11 is 0. The summed E-state index contributed by atoms with van der Waals surface area (Å²) in [6.45, 7) is -0.640. The zero-order valence-corrected chi connectivity index (χ0v) is 22.2. The Morgan fingerprint density at radius 1 is 0.810 bits per heavy atom. The number of benzene rings is 4. The van der Waals surface area contributed by atoms with E-state index in [-0.39, 0.29) is 34.7 Å². The van der Waals surface area contributed by atoms with Crippen molar-refractivity contribution >= 4 is 28.6 Å². The van der Waals surface area contributed by atoms with Gasteiger partial charge in [-0.25, -0.2) is 4.39 Å². The van der Waals surface area contributed by atoms with Crippen molar-refractivity contribution in [1.82, 2.24) is 9.88 Å². The fourth-order valence-electron chi connectivity index (χ4n) is 5.05. The van der Waals surface area contributed by atoms with E-state index in [2.05, 4.69) is 4.98 Å². The maximum Gasteiger partial charge on any atom is 0.265 e. The molecule has 8 nitrogen and oxygen atoms in total. The Kier molecular flexibility index (Phi) is 7.06. The van der Waals surface area contributed by atoms with Crippen molar-refractivity contribution in [2.75, 3.05) is 6.61 Å². The predicted octanol–water partition coefficient (Wildman–Crippen LogP) is 5.20. The summed E-state index contributed by atoms with van der Waals surface area (Å²) in [6, 6.07) is 27.8. The number of carbonyl (C=O) groups excluding carboxylic acids is 3. The molecule has 2 heterocycles. The van der Waals surface area contributed by atoms with E-state index in [1.54, 1.807) is 12.1 Å². The summed E-state index contributed by atoms with van der Waals surface area (Å²) in [5.41, 5.74) is 7.72. The SMILES string of the molecule is NC(=O)COc1c2c(c(OC(c3ccccc3)c3ccccc3)c3ncccc13)C(=O)N(Cc1ccc(F)cc1)C2=O. The highest BCUT2D eigenvalue weighted by Gasteiger charge is 2.43. The van der Waals surface area contributed by atoms with Crippen LogP contribution in [0.3, 0.4) is 0 Å². The van der Waals surface area contributed by atoms with Crippen molar-refractivity contribution in [3.05, 3.63) is 137 Å². The van der Waals surface area contributed by atoms with Crippen LogP contribution in [0.1, 0.15) is 43.5 Å². The fraction of sp³-hybridized carbons (Fsp3) is 0.0909. The van der Waals surface area contributed by atoms with Gasteiger partial charge in [-0.3, -0.25) is 24.3 Å². The maximum atomic E-state index is 14.1. The highest BCUT2D eigenvalue weighted by Crippen LogP contribution is 2.46. The molecule has 6 rings (SSSR count). The summed E-state index contributed by atoms with van der Waals surface area (Å²) in [7, 11) is 0.